The maximum atomic E-state index is 6.01. The van der Waals surface area contributed by atoms with Gasteiger partial charge in [-0.05, 0) is 38.9 Å². The molecule has 19 heavy (non-hydrogen) atoms. The first-order valence-electron chi connectivity index (χ1n) is 6.89. The van der Waals surface area contributed by atoms with Crippen LogP contribution in [0.2, 0.25) is 0 Å². The Morgan fingerprint density at radius 3 is 2.63 bits per heavy atom. The van der Waals surface area contributed by atoms with E-state index >= 15 is 0 Å². The first-order valence-corrected chi connectivity index (χ1v) is 6.89. The van der Waals surface area contributed by atoms with E-state index < -0.39 is 0 Å². The van der Waals surface area contributed by atoms with Crippen LogP contribution in [0.25, 0.3) is 0 Å². The van der Waals surface area contributed by atoms with Crippen molar-refractivity contribution in [2.75, 3.05) is 27.3 Å². The molecule has 1 fully saturated rings. The zero-order valence-corrected chi connectivity index (χ0v) is 12.1. The number of nitrogens with two attached hydrogens (primary N) is 1. The smallest absolute Gasteiger partial charge is 0.127 e. The van der Waals surface area contributed by atoms with E-state index in [4.69, 9.17) is 15.2 Å². The fourth-order valence-electron chi connectivity index (χ4n) is 2.27. The second-order valence-corrected chi connectivity index (χ2v) is 5.22. The summed E-state index contributed by atoms with van der Waals surface area (Å²) in [5.41, 5.74) is 6.95. The summed E-state index contributed by atoms with van der Waals surface area (Å²) in [4.78, 5) is 2.35. The van der Waals surface area contributed by atoms with E-state index in [2.05, 4.69) is 11.9 Å². The van der Waals surface area contributed by atoms with Gasteiger partial charge in [0.15, 0.2) is 0 Å². The summed E-state index contributed by atoms with van der Waals surface area (Å²) in [7, 11) is 3.81. The van der Waals surface area contributed by atoms with Gasteiger partial charge in [0.25, 0.3) is 0 Å². The molecule has 0 bridgehead atoms. The van der Waals surface area contributed by atoms with Crippen molar-refractivity contribution < 1.29 is 9.47 Å². The molecule has 0 aliphatic heterocycles. The van der Waals surface area contributed by atoms with Crippen LogP contribution in [0.3, 0.4) is 0 Å². The number of methoxy groups -OCH3 is 1. The van der Waals surface area contributed by atoms with E-state index in [1.165, 1.54) is 12.8 Å². The number of hydrogen-bond donors (Lipinski definition) is 1. The molecule has 1 aliphatic rings. The highest BCUT2D eigenvalue weighted by Gasteiger charge is 2.25. The molecule has 4 heteroatoms. The average molecular weight is 264 g/mol. The fourth-order valence-corrected chi connectivity index (χ4v) is 2.27. The fraction of sp³-hybridized carbons (Fsp3) is 0.600. The van der Waals surface area contributed by atoms with Crippen molar-refractivity contribution in [1.29, 1.82) is 0 Å². The normalized spacial score (nSPS) is 16.5. The monoisotopic (exact) mass is 264 g/mol. The highest BCUT2D eigenvalue weighted by Crippen LogP contribution is 2.33. The predicted molar refractivity (Wildman–Crippen MR) is 76.7 cm³/mol. The lowest BCUT2D eigenvalue weighted by atomic mass is 10.1. The van der Waals surface area contributed by atoms with E-state index in [1.807, 2.05) is 25.1 Å². The zero-order chi connectivity index (χ0) is 13.8. The number of hydrogen-bond acceptors (Lipinski definition) is 4. The third-order valence-corrected chi connectivity index (χ3v) is 3.57. The molecule has 1 aromatic carbocycles. The Morgan fingerprint density at radius 1 is 1.37 bits per heavy atom. The van der Waals surface area contributed by atoms with Crippen LogP contribution in [0.15, 0.2) is 18.2 Å². The van der Waals surface area contributed by atoms with Gasteiger partial charge in [0.2, 0.25) is 0 Å². The summed E-state index contributed by atoms with van der Waals surface area (Å²) >= 11 is 0. The molecule has 106 valence electrons. The van der Waals surface area contributed by atoms with Crippen LogP contribution in [0.1, 0.15) is 31.4 Å². The van der Waals surface area contributed by atoms with E-state index in [9.17, 15) is 0 Å². The number of likely N-dealkylation sites (N-methyl/N-ethyl adjacent to an activating group) is 1. The standard InChI is InChI=1S/C15H24N2O2/c1-11(16)15-13(18-3)5-4-6-14(15)19-10-9-17(2)12-7-8-12/h4-6,11-12H,7-10,16H2,1-3H3/t11-/m0/s1. The van der Waals surface area contributed by atoms with Crippen molar-refractivity contribution in [3.8, 4) is 11.5 Å². The molecule has 0 heterocycles. The zero-order valence-electron chi connectivity index (χ0n) is 12.1. The van der Waals surface area contributed by atoms with Gasteiger partial charge in [-0.3, -0.25) is 0 Å². The molecule has 2 rings (SSSR count). The van der Waals surface area contributed by atoms with Crippen LogP contribution in [0.4, 0.5) is 0 Å². The van der Waals surface area contributed by atoms with Crippen molar-refractivity contribution >= 4 is 0 Å². The topological polar surface area (TPSA) is 47.7 Å². The van der Waals surface area contributed by atoms with Crippen molar-refractivity contribution in [3.05, 3.63) is 23.8 Å². The molecule has 1 atom stereocenters. The van der Waals surface area contributed by atoms with Crippen LogP contribution < -0.4 is 15.2 Å². The lowest BCUT2D eigenvalue weighted by Crippen LogP contribution is -2.26. The Hall–Kier alpha value is -1.26. The molecule has 1 aromatic rings. The molecule has 1 saturated carbocycles. The van der Waals surface area contributed by atoms with Crippen molar-refractivity contribution in [3.63, 3.8) is 0 Å². The Morgan fingerprint density at radius 2 is 2.05 bits per heavy atom. The molecular formula is C15H24N2O2. The highest BCUT2D eigenvalue weighted by atomic mass is 16.5. The largest absolute Gasteiger partial charge is 0.496 e. The third-order valence-electron chi connectivity index (χ3n) is 3.57. The molecule has 1 aliphatic carbocycles. The summed E-state index contributed by atoms with van der Waals surface area (Å²) in [6, 6.07) is 6.47. The Kier molecular flexibility index (Phi) is 4.66. The minimum absolute atomic E-state index is 0.104. The van der Waals surface area contributed by atoms with Crippen molar-refractivity contribution in [2.24, 2.45) is 5.73 Å². The van der Waals surface area contributed by atoms with E-state index in [-0.39, 0.29) is 6.04 Å². The molecule has 0 radical (unpaired) electrons. The maximum absolute atomic E-state index is 6.01. The number of benzene rings is 1. The minimum atomic E-state index is -0.104. The van der Waals surface area contributed by atoms with Gasteiger partial charge in [-0.2, -0.15) is 0 Å². The van der Waals surface area contributed by atoms with Gasteiger partial charge >= 0.3 is 0 Å². The van der Waals surface area contributed by atoms with E-state index in [1.54, 1.807) is 7.11 Å². The molecular weight excluding hydrogens is 240 g/mol. The molecule has 0 spiro atoms. The van der Waals surface area contributed by atoms with Gasteiger partial charge in [-0.15, -0.1) is 0 Å². The second-order valence-electron chi connectivity index (χ2n) is 5.22. The lowest BCUT2D eigenvalue weighted by Gasteiger charge is -2.19. The van der Waals surface area contributed by atoms with Gasteiger partial charge in [0.05, 0.1) is 12.7 Å². The number of rotatable bonds is 7. The molecule has 0 saturated heterocycles. The van der Waals surface area contributed by atoms with Gasteiger partial charge in [-0.1, -0.05) is 6.07 Å². The summed E-state index contributed by atoms with van der Waals surface area (Å²) in [6.45, 7) is 3.57. The molecule has 2 N–H and O–H groups in total. The summed E-state index contributed by atoms with van der Waals surface area (Å²) in [5.74, 6) is 1.63. The van der Waals surface area contributed by atoms with Gasteiger partial charge in [0.1, 0.15) is 18.1 Å². The molecule has 4 nitrogen and oxygen atoms in total. The Balaban J connectivity index is 1.98. The second kappa shape index (κ2) is 6.26. The lowest BCUT2D eigenvalue weighted by molar-refractivity contribution is 0.229. The summed E-state index contributed by atoms with van der Waals surface area (Å²) in [5, 5.41) is 0. The molecule has 0 unspecified atom stereocenters. The van der Waals surface area contributed by atoms with Crippen LogP contribution in [-0.2, 0) is 0 Å². The first-order chi connectivity index (χ1) is 9.13. The minimum Gasteiger partial charge on any atom is -0.496 e. The van der Waals surface area contributed by atoms with Crippen molar-refractivity contribution in [1.82, 2.24) is 4.90 Å². The SMILES string of the molecule is COc1cccc(OCCN(C)C2CC2)c1[C@H](C)N. The molecule has 0 aromatic heterocycles. The quantitative estimate of drug-likeness (QED) is 0.820. The number of nitrogens with zero attached hydrogens (tertiary/aromatic N) is 1. The van der Waals surface area contributed by atoms with Crippen LogP contribution in [-0.4, -0.2) is 38.3 Å². The van der Waals surface area contributed by atoms with Gasteiger partial charge in [-0.25, -0.2) is 0 Å². The van der Waals surface area contributed by atoms with Gasteiger partial charge in [0, 0.05) is 18.6 Å². The highest BCUT2D eigenvalue weighted by molar-refractivity contribution is 5.46. The molecule has 0 amide bonds. The van der Waals surface area contributed by atoms with E-state index in [0.29, 0.717) is 6.61 Å². The Bertz CT molecular complexity index is 417. The maximum Gasteiger partial charge on any atom is 0.127 e. The summed E-state index contributed by atoms with van der Waals surface area (Å²) in [6.07, 6.45) is 2.64. The average Bonchev–Trinajstić information content (AvgIpc) is 3.22. The van der Waals surface area contributed by atoms with Gasteiger partial charge < -0.3 is 20.1 Å². The Labute approximate surface area is 115 Å². The van der Waals surface area contributed by atoms with E-state index in [0.717, 1.165) is 29.6 Å². The number of ether oxygens (including phenoxy) is 2. The third kappa shape index (κ3) is 3.61. The predicted octanol–water partition coefficient (Wildman–Crippen LogP) is 2.19. The van der Waals surface area contributed by atoms with Crippen molar-refractivity contribution in [2.45, 2.75) is 31.8 Å². The van der Waals surface area contributed by atoms with Crippen LogP contribution in [0, 0.1) is 0 Å². The summed E-state index contributed by atoms with van der Waals surface area (Å²) < 4.78 is 11.2. The first kappa shape index (κ1) is 14.2. The van der Waals surface area contributed by atoms with Crippen LogP contribution >= 0.6 is 0 Å². The van der Waals surface area contributed by atoms with Crippen LogP contribution in [0.5, 0.6) is 11.5 Å².